The van der Waals surface area contributed by atoms with Gasteiger partial charge in [-0.15, -0.1) is 0 Å². The van der Waals surface area contributed by atoms with Crippen LogP contribution in [0.2, 0.25) is 5.02 Å². The van der Waals surface area contributed by atoms with E-state index in [4.69, 9.17) is 16.3 Å². The maximum Gasteiger partial charge on any atom is 0.227 e. The molecule has 1 aromatic rings. The highest BCUT2D eigenvalue weighted by atomic mass is 35.5. The van der Waals surface area contributed by atoms with E-state index in [1.54, 1.807) is 25.1 Å². The third kappa shape index (κ3) is 4.37. The number of nitrogens with zero attached hydrogens (tertiary/aromatic N) is 1. The van der Waals surface area contributed by atoms with Crippen LogP contribution in [0.15, 0.2) is 18.2 Å². The zero-order valence-electron chi connectivity index (χ0n) is 13.2. The largest absolute Gasteiger partial charge is 0.495 e. The second-order valence-corrected chi connectivity index (χ2v) is 8.08. The molecule has 1 aliphatic heterocycles. The number of piperidine rings is 1. The minimum atomic E-state index is -3.17. The fourth-order valence-electron chi connectivity index (χ4n) is 2.57. The van der Waals surface area contributed by atoms with Crippen molar-refractivity contribution >= 4 is 33.2 Å². The molecule has 2 rings (SSSR count). The van der Waals surface area contributed by atoms with Gasteiger partial charge in [-0.05, 0) is 38.0 Å². The van der Waals surface area contributed by atoms with Crippen LogP contribution in [0.25, 0.3) is 0 Å². The van der Waals surface area contributed by atoms with Crippen molar-refractivity contribution in [1.82, 2.24) is 4.31 Å². The highest BCUT2D eigenvalue weighted by Gasteiger charge is 2.30. The van der Waals surface area contributed by atoms with Gasteiger partial charge in [-0.2, -0.15) is 0 Å². The van der Waals surface area contributed by atoms with Crippen molar-refractivity contribution in [3.8, 4) is 5.75 Å². The molecule has 0 aromatic heterocycles. The number of anilines is 1. The van der Waals surface area contributed by atoms with Crippen LogP contribution >= 0.6 is 11.6 Å². The zero-order chi connectivity index (χ0) is 17.0. The molecule has 1 aromatic carbocycles. The van der Waals surface area contributed by atoms with Crippen LogP contribution in [0.5, 0.6) is 5.75 Å². The Labute approximate surface area is 141 Å². The maximum absolute atomic E-state index is 12.3. The van der Waals surface area contributed by atoms with E-state index in [-0.39, 0.29) is 17.6 Å². The van der Waals surface area contributed by atoms with Gasteiger partial charge >= 0.3 is 0 Å². The first-order valence-corrected chi connectivity index (χ1v) is 9.48. The quantitative estimate of drug-likeness (QED) is 0.874. The van der Waals surface area contributed by atoms with Crippen LogP contribution in [-0.4, -0.2) is 44.6 Å². The summed E-state index contributed by atoms with van der Waals surface area (Å²) in [4.78, 5) is 12.3. The minimum absolute atomic E-state index is 0.0915. The lowest BCUT2D eigenvalue weighted by molar-refractivity contribution is -0.120. The Bertz CT molecular complexity index is 670. The van der Waals surface area contributed by atoms with Gasteiger partial charge in [-0.1, -0.05) is 11.6 Å². The first-order chi connectivity index (χ1) is 10.9. The molecule has 0 spiro atoms. The summed E-state index contributed by atoms with van der Waals surface area (Å²) in [5.41, 5.74) is 0.601. The SMILES string of the molecule is CCS(=O)(=O)N1CCC(C(=O)Nc2ccc(OC)c(Cl)c2)CC1. The van der Waals surface area contributed by atoms with Crippen LogP contribution in [-0.2, 0) is 14.8 Å². The van der Waals surface area contributed by atoms with Crippen molar-refractivity contribution in [3.05, 3.63) is 23.2 Å². The van der Waals surface area contributed by atoms with E-state index in [0.29, 0.717) is 42.4 Å². The van der Waals surface area contributed by atoms with Crippen molar-refractivity contribution in [2.45, 2.75) is 19.8 Å². The number of halogens is 1. The number of carbonyl (C=O) groups is 1. The Morgan fingerprint density at radius 3 is 2.57 bits per heavy atom. The number of sulfonamides is 1. The molecule has 1 fully saturated rings. The van der Waals surface area contributed by atoms with E-state index >= 15 is 0 Å². The Morgan fingerprint density at radius 1 is 1.39 bits per heavy atom. The molecule has 0 atom stereocenters. The minimum Gasteiger partial charge on any atom is -0.495 e. The molecule has 1 saturated heterocycles. The average molecular weight is 361 g/mol. The lowest BCUT2D eigenvalue weighted by atomic mass is 9.97. The Morgan fingerprint density at radius 2 is 2.04 bits per heavy atom. The molecule has 0 radical (unpaired) electrons. The Balaban J connectivity index is 1.94. The monoisotopic (exact) mass is 360 g/mol. The van der Waals surface area contributed by atoms with Gasteiger partial charge < -0.3 is 10.1 Å². The summed E-state index contributed by atoms with van der Waals surface area (Å²) in [6.45, 7) is 2.40. The van der Waals surface area contributed by atoms with Gasteiger partial charge in [0.15, 0.2) is 0 Å². The highest BCUT2D eigenvalue weighted by Crippen LogP contribution is 2.28. The normalized spacial score (nSPS) is 17.0. The van der Waals surface area contributed by atoms with Crippen molar-refractivity contribution < 1.29 is 17.9 Å². The zero-order valence-corrected chi connectivity index (χ0v) is 14.8. The number of amides is 1. The molecule has 1 N–H and O–H groups in total. The lowest BCUT2D eigenvalue weighted by Gasteiger charge is -2.30. The first kappa shape index (κ1) is 18.0. The van der Waals surface area contributed by atoms with Gasteiger partial charge in [-0.3, -0.25) is 4.79 Å². The van der Waals surface area contributed by atoms with Gasteiger partial charge in [0.25, 0.3) is 0 Å². The van der Waals surface area contributed by atoms with Crippen LogP contribution in [0.3, 0.4) is 0 Å². The molecular formula is C15H21ClN2O4S. The highest BCUT2D eigenvalue weighted by molar-refractivity contribution is 7.89. The maximum atomic E-state index is 12.3. The van der Waals surface area contributed by atoms with Gasteiger partial charge in [-0.25, -0.2) is 12.7 Å². The number of hydrogen-bond acceptors (Lipinski definition) is 4. The molecule has 0 unspecified atom stereocenters. The van der Waals surface area contributed by atoms with E-state index in [9.17, 15) is 13.2 Å². The number of ether oxygens (including phenoxy) is 1. The summed E-state index contributed by atoms with van der Waals surface area (Å²) in [6, 6.07) is 5.04. The van der Waals surface area contributed by atoms with Crippen LogP contribution in [0.1, 0.15) is 19.8 Å². The Hall–Kier alpha value is -1.31. The third-order valence-electron chi connectivity index (χ3n) is 4.00. The van der Waals surface area contributed by atoms with E-state index < -0.39 is 10.0 Å². The van der Waals surface area contributed by atoms with Crippen molar-refractivity contribution in [3.63, 3.8) is 0 Å². The number of benzene rings is 1. The number of nitrogens with one attached hydrogen (secondary N) is 1. The summed E-state index contributed by atoms with van der Waals surface area (Å²) < 4.78 is 30.2. The summed E-state index contributed by atoms with van der Waals surface area (Å²) in [7, 11) is -1.65. The molecule has 128 valence electrons. The number of rotatable bonds is 5. The molecule has 8 heteroatoms. The molecule has 23 heavy (non-hydrogen) atoms. The van der Waals surface area contributed by atoms with Gasteiger partial charge in [0.2, 0.25) is 15.9 Å². The van der Waals surface area contributed by atoms with Crippen LogP contribution in [0, 0.1) is 5.92 Å². The number of carbonyl (C=O) groups excluding carboxylic acids is 1. The molecular weight excluding hydrogens is 340 g/mol. The predicted molar refractivity (Wildman–Crippen MR) is 90.4 cm³/mol. The van der Waals surface area contributed by atoms with E-state index in [1.807, 2.05) is 0 Å². The molecule has 6 nitrogen and oxygen atoms in total. The van der Waals surface area contributed by atoms with Crippen molar-refractivity contribution in [2.75, 3.05) is 31.3 Å². The van der Waals surface area contributed by atoms with Crippen molar-refractivity contribution in [1.29, 1.82) is 0 Å². The molecule has 1 amide bonds. The molecule has 1 aliphatic rings. The fourth-order valence-corrected chi connectivity index (χ4v) is 3.96. The average Bonchev–Trinajstić information content (AvgIpc) is 2.55. The predicted octanol–water partition coefficient (Wildman–Crippen LogP) is 2.35. The van der Waals surface area contributed by atoms with Crippen LogP contribution in [0.4, 0.5) is 5.69 Å². The second-order valence-electron chi connectivity index (χ2n) is 5.41. The molecule has 0 saturated carbocycles. The summed E-state index contributed by atoms with van der Waals surface area (Å²) in [6.07, 6.45) is 1.05. The van der Waals surface area contributed by atoms with Gasteiger partial charge in [0.1, 0.15) is 5.75 Å². The first-order valence-electron chi connectivity index (χ1n) is 7.49. The fraction of sp³-hybridized carbons (Fsp3) is 0.533. The van der Waals surface area contributed by atoms with E-state index in [1.165, 1.54) is 11.4 Å². The summed E-state index contributed by atoms with van der Waals surface area (Å²) >= 11 is 6.03. The van der Waals surface area contributed by atoms with Gasteiger partial charge in [0, 0.05) is 24.7 Å². The smallest absolute Gasteiger partial charge is 0.227 e. The van der Waals surface area contributed by atoms with Gasteiger partial charge in [0.05, 0.1) is 17.9 Å². The third-order valence-corrected chi connectivity index (χ3v) is 6.18. The topological polar surface area (TPSA) is 75.7 Å². The van der Waals surface area contributed by atoms with Crippen LogP contribution < -0.4 is 10.1 Å². The molecule has 0 bridgehead atoms. The molecule has 1 heterocycles. The lowest BCUT2D eigenvalue weighted by Crippen LogP contribution is -2.42. The standard InChI is InChI=1S/C15H21ClN2O4S/c1-3-23(20,21)18-8-6-11(7-9-18)15(19)17-12-4-5-14(22-2)13(16)10-12/h4-5,10-11H,3,6-9H2,1-2H3,(H,17,19). The number of methoxy groups -OCH3 is 1. The van der Waals surface area contributed by atoms with Crippen molar-refractivity contribution in [2.24, 2.45) is 5.92 Å². The second kappa shape index (κ2) is 7.51. The Kier molecular flexibility index (Phi) is 5.89. The summed E-state index contributed by atoms with van der Waals surface area (Å²) in [5, 5.41) is 3.25. The number of hydrogen-bond donors (Lipinski definition) is 1. The molecule has 0 aliphatic carbocycles. The van der Waals surface area contributed by atoms with E-state index in [0.717, 1.165) is 0 Å². The summed E-state index contributed by atoms with van der Waals surface area (Å²) in [5.74, 6) is 0.329. The van der Waals surface area contributed by atoms with E-state index in [2.05, 4.69) is 5.32 Å².